The molecule has 1 rings (SSSR count). The summed E-state index contributed by atoms with van der Waals surface area (Å²) in [6, 6.07) is 0. The Kier molecular flexibility index (Phi) is 4.91. The third kappa shape index (κ3) is 3.25. The molecule has 78 valence electrons. The first-order chi connectivity index (χ1) is 6.67. The van der Waals surface area contributed by atoms with Gasteiger partial charge in [-0.3, -0.25) is 4.79 Å². The van der Waals surface area contributed by atoms with E-state index in [1.54, 1.807) is 23.1 Å². The largest absolute Gasteiger partial charge is 0.298 e. The topological polar surface area (TPSA) is 42.9 Å². The summed E-state index contributed by atoms with van der Waals surface area (Å²) >= 11 is 4.61. The number of hydrogen-bond acceptors (Lipinski definition) is 6. The smallest absolute Gasteiger partial charge is 0.175 e. The van der Waals surface area contributed by atoms with Gasteiger partial charge in [0.1, 0.15) is 5.78 Å². The van der Waals surface area contributed by atoms with Gasteiger partial charge >= 0.3 is 0 Å². The molecule has 1 aromatic rings. The van der Waals surface area contributed by atoms with Crippen molar-refractivity contribution < 1.29 is 4.79 Å². The van der Waals surface area contributed by atoms with E-state index >= 15 is 0 Å². The first kappa shape index (κ1) is 12.0. The Balaban J connectivity index is 2.55. The van der Waals surface area contributed by atoms with Gasteiger partial charge in [0.25, 0.3) is 0 Å². The lowest BCUT2D eigenvalue weighted by molar-refractivity contribution is -0.117. The summed E-state index contributed by atoms with van der Waals surface area (Å²) in [7, 11) is 0. The van der Waals surface area contributed by atoms with E-state index < -0.39 is 0 Å². The van der Waals surface area contributed by atoms with Crippen molar-refractivity contribution in [2.24, 2.45) is 0 Å². The molecule has 0 spiro atoms. The van der Waals surface area contributed by atoms with Crippen LogP contribution < -0.4 is 0 Å². The Morgan fingerprint density at radius 2 is 2.14 bits per heavy atom. The highest BCUT2D eigenvalue weighted by atomic mass is 32.2. The Morgan fingerprint density at radius 3 is 2.64 bits per heavy atom. The molecular formula is C8H12N2OS3. The SMILES string of the molecule is CCC(=O)[C@@H](C)Sc1nnc(SC)s1. The van der Waals surface area contributed by atoms with Crippen molar-refractivity contribution in [2.75, 3.05) is 6.26 Å². The zero-order valence-corrected chi connectivity index (χ0v) is 10.8. The van der Waals surface area contributed by atoms with E-state index in [4.69, 9.17) is 0 Å². The molecule has 1 aromatic heterocycles. The van der Waals surface area contributed by atoms with Crippen LogP contribution in [-0.2, 0) is 4.79 Å². The molecule has 0 aliphatic heterocycles. The Labute approximate surface area is 96.1 Å². The molecule has 0 saturated heterocycles. The molecule has 14 heavy (non-hydrogen) atoms. The predicted octanol–water partition coefficient (Wildman–Crippen LogP) is 2.72. The number of nitrogens with zero attached hydrogens (tertiary/aromatic N) is 2. The third-order valence-corrected chi connectivity index (χ3v) is 4.77. The van der Waals surface area contributed by atoms with E-state index in [1.165, 1.54) is 11.8 Å². The minimum Gasteiger partial charge on any atom is -0.298 e. The van der Waals surface area contributed by atoms with Crippen LogP contribution in [0.1, 0.15) is 20.3 Å². The number of rotatable bonds is 5. The number of thioether (sulfide) groups is 2. The number of hydrogen-bond donors (Lipinski definition) is 0. The van der Waals surface area contributed by atoms with Crippen molar-refractivity contribution >= 4 is 40.6 Å². The van der Waals surface area contributed by atoms with E-state index in [0.717, 1.165) is 8.68 Å². The van der Waals surface area contributed by atoms with E-state index in [2.05, 4.69) is 10.2 Å². The number of carbonyl (C=O) groups is 1. The monoisotopic (exact) mass is 248 g/mol. The van der Waals surface area contributed by atoms with Gasteiger partial charge in [0, 0.05) is 6.42 Å². The maximum atomic E-state index is 11.3. The summed E-state index contributed by atoms with van der Waals surface area (Å²) < 4.78 is 1.83. The molecule has 1 heterocycles. The Bertz CT molecular complexity index is 313. The Morgan fingerprint density at radius 1 is 1.50 bits per heavy atom. The fraction of sp³-hybridized carbons (Fsp3) is 0.625. The van der Waals surface area contributed by atoms with E-state index in [1.807, 2.05) is 20.1 Å². The van der Waals surface area contributed by atoms with Crippen LogP contribution in [0.25, 0.3) is 0 Å². The molecule has 0 aliphatic carbocycles. The molecule has 0 radical (unpaired) electrons. The predicted molar refractivity (Wildman–Crippen MR) is 62.3 cm³/mol. The van der Waals surface area contributed by atoms with Gasteiger partial charge < -0.3 is 0 Å². The second-order valence-electron chi connectivity index (χ2n) is 2.62. The average molecular weight is 248 g/mol. The van der Waals surface area contributed by atoms with Crippen LogP contribution in [-0.4, -0.2) is 27.5 Å². The minimum atomic E-state index is -0.0114. The van der Waals surface area contributed by atoms with Gasteiger partial charge in [0.2, 0.25) is 0 Å². The molecule has 0 saturated carbocycles. The van der Waals surface area contributed by atoms with Crippen molar-refractivity contribution in [3.63, 3.8) is 0 Å². The number of ketones is 1. The zero-order chi connectivity index (χ0) is 10.6. The van der Waals surface area contributed by atoms with Crippen LogP contribution in [0.15, 0.2) is 8.68 Å². The van der Waals surface area contributed by atoms with Crippen molar-refractivity contribution in [1.82, 2.24) is 10.2 Å². The third-order valence-electron chi connectivity index (χ3n) is 1.64. The van der Waals surface area contributed by atoms with Crippen molar-refractivity contribution in [1.29, 1.82) is 0 Å². The van der Waals surface area contributed by atoms with E-state index in [-0.39, 0.29) is 11.0 Å². The average Bonchev–Trinajstić information content (AvgIpc) is 2.64. The molecule has 0 N–H and O–H groups in total. The zero-order valence-electron chi connectivity index (χ0n) is 8.31. The lowest BCUT2D eigenvalue weighted by Crippen LogP contribution is -2.10. The van der Waals surface area contributed by atoms with Gasteiger partial charge in [0.05, 0.1) is 5.25 Å². The molecule has 3 nitrogen and oxygen atoms in total. The highest BCUT2D eigenvalue weighted by molar-refractivity contribution is 8.03. The van der Waals surface area contributed by atoms with Gasteiger partial charge in [-0.2, -0.15) is 0 Å². The molecule has 0 unspecified atom stereocenters. The highest BCUT2D eigenvalue weighted by Crippen LogP contribution is 2.30. The van der Waals surface area contributed by atoms with E-state index in [0.29, 0.717) is 6.42 Å². The van der Waals surface area contributed by atoms with Crippen LogP contribution in [0.3, 0.4) is 0 Å². The Hall–Kier alpha value is -0.0700. The summed E-state index contributed by atoms with van der Waals surface area (Å²) in [6.45, 7) is 3.80. The maximum Gasteiger partial charge on any atom is 0.175 e. The highest BCUT2D eigenvalue weighted by Gasteiger charge is 2.14. The standard InChI is InChI=1S/C8H12N2OS3/c1-4-6(11)5(2)13-8-10-9-7(12-3)14-8/h5H,4H2,1-3H3/t5-/m1/s1. The first-order valence-corrected chi connectivity index (χ1v) is 7.16. The summed E-state index contributed by atoms with van der Waals surface area (Å²) in [5, 5.41) is 7.96. The summed E-state index contributed by atoms with van der Waals surface area (Å²) in [4.78, 5) is 11.3. The molecular weight excluding hydrogens is 236 g/mol. The second kappa shape index (κ2) is 5.72. The van der Waals surface area contributed by atoms with Crippen LogP contribution in [0.2, 0.25) is 0 Å². The molecule has 0 fully saturated rings. The van der Waals surface area contributed by atoms with Gasteiger partial charge in [-0.1, -0.05) is 41.8 Å². The van der Waals surface area contributed by atoms with Gasteiger partial charge in [-0.25, -0.2) is 0 Å². The lowest BCUT2D eigenvalue weighted by Gasteiger charge is -2.04. The number of Topliss-reactive ketones (excluding diaryl/α,β-unsaturated/α-hetero) is 1. The number of aromatic nitrogens is 2. The lowest BCUT2D eigenvalue weighted by atomic mass is 10.2. The van der Waals surface area contributed by atoms with Gasteiger partial charge in [-0.15, -0.1) is 10.2 Å². The molecule has 6 heteroatoms. The van der Waals surface area contributed by atoms with E-state index in [9.17, 15) is 4.79 Å². The quantitative estimate of drug-likeness (QED) is 0.750. The first-order valence-electron chi connectivity index (χ1n) is 4.24. The normalized spacial score (nSPS) is 12.8. The van der Waals surface area contributed by atoms with Crippen molar-refractivity contribution in [3.05, 3.63) is 0 Å². The van der Waals surface area contributed by atoms with Crippen molar-refractivity contribution in [3.8, 4) is 0 Å². The molecule has 0 aliphatic rings. The summed E-state index contributed by atoms with van der Waals surface area (Å²) in [5.74, 6) is 0.260. The second-order valence-corrected chi connectivity index (χ2v) is 6.24. The minimum absolute atomic E-state index is 0.0114. The summed E-state index contributed by atoms with van der Waals surface area (Å²) in [5.41, 5.74) is 0. The molecule has 0 amide bonds. The van der Waals surface area contributed by atoms with Crippen LogP contribution in [0.5, 0.6) is 0 Å². The van der Waals surface area contributed by atoms with Crippen LogP contribution in [0, 0.1) is 0 Å². The van der Waals surface area contributed by atoms with Crippen LogP contribution >= 0.6 is 34.9 Å². The maximum absolute atomic E-state index is 11.3. The van der Waals surface area contributed by atoms with Gasteiger partial charge in [0.15, 0.2) is 8.68 Å². The fourth-order valence-corrected chi connectivity index (χ4v) is 3.55. The molecule has 0 aromatic carbocycles. The van der Waals surface area contributed by atoms with Gasteiger partial charge in [-0.05, 0) is 13.2 Å². The fourth-order valence-electron chi connectivity index (χ4n) is 0.832. The number of carbonyl (C=O) groups excluding carboxylic acids is 1. The molecule has 0 bridgehead atoms. The molecule has 1 atom stereocenters. The summed E-state index contributed by atoms with van der Waals surface area (Å²) in [6.07, 6.45) is 2.55. The van der Waals surface area contributed by atoms with Crippen LogP contribution in [0.4, 0.5) is 0 Å². The van der Waals surface area contributed by atoms with Crippen molar-refractivity contribution in [2.45, 2.75) is 34.2 Å².